The third-order valence-electron chi connectivity index (χ3n) is 4.15. The Kier molecular flexibility index (Phi) is 5.67. The summed E-state index contributed by atoms with van der Waals surface area (Å²) in [6.07, 6.45) is -0.850. The number of halogens is 3. The van der Waals surface area contributed by atoms with Gasteiger partial charge in [-0.2, -0.15) is 13.2 Å². The van der Waals surface area contributed by atoms with Gasteiger partial charge in [-0.05, 0) is 18.2 Å². The molecule has 0 radical (unpaired) electrons. The van der Waals surface area contributed by atoms with E-state index in [-0.39, 0.29) is 11.3 Å². The number of benzene rings is 1. The molecule has 10 heteroatoms. The van der Waals surface area contributed by atoms with Gasteiger partial charge in [-0.1, -0.05) is 6.07 Å². The second kappa shape index (κ2) is 8.19. The first-order chi connectivity index (χ1) is 14.2. The lowest BCUT2D eigenvalue weighted by Crippen LogP contribution is -2.18. The highest BCUT2D eigenvalue weighted by Gasteiger charge is 2.35. The lowest BCUT2D eigenvalue weighted by Gasteiger charge is -2.13. The van der Waals surface area contributed by atoms with E-state index < -0.39 is 23.2 Å². The second-order valence-electron chi connectivity index (χ2n) is 6.10. The van der Waals surface area contributed by atoms with E-state index in [0.29, 0.717) is 22.9 Å². The fraction of sp³-hybridized carbons (Fsp3) is 0.100. The van der Waals surface area contributed by atoms with Crippen molar-refractivity contribution in [3.05, 3.63) is 65.6 Å². The predicted octanol–water partition coefficient (Wildman–Crippen LogP) is 4.09. The number of pyridine rings is 2. The van der Waals surface area contributed by atoms with Crippen molar-refractivity contribution in [1.82, 2.24) is 9.97 Å². The van der Waals surface area contributed by atoms with Crippen molar-refractivity contribution in [2.75, 3.05) is 12.4 Å². The molecule has 0 bridgehead atoms. The summed E-state index contributed by atoms with van der Waals surface area (Å²) in [5.41, 5.74) is 4.67. The number of amides is 1. The normalized spacial score (nSPS) is 11.1. The van der Waals surface area contributed by atoms with Crippen LogP contribution in [0.25, 0.3) is 11.3 Å². The van der Waals surface area contributed by atoms with Gasteiger partial charge in [0.25, 0.3) is 0 Å². The van der Waals surface area contributed by atoms with Gasteiger partial charge in [-0.15, -0.1) is 0 Å². The van der Waals surface area contributed by atoms with Crippen molar-refractivity contribution >= 4 is 17.8 Å². The lowest BCUT2D eigenvalue weighted by atomic mass is 10.0. The number of nitrogens with two attached hydrogens (primary N) is 1. The Morgan fingerprint density at radius 3 is 2.57 bits per heavy atom. The maximum absolute atomic E-state index is 13.3. The first kappa shape index (κ1) is 20.8. The number of nitrogens with zero attached hydrogens (tertiary/aromatic N) is 2. The number of rotatable bonds is 6. The van der Waals surface area contributed by atoms with Crippen molar-refractivity contribution in [3.63, 3.8) is 0 Å². The molecule has 0 aliphatic heterocycles. The highest BCUT2D eigenvalue weighted by Crippen LogP contribution is 2.35. The Morgan fingerprint density at radius 2 is 1.93 bits per heavy atom. The Bertz CT molecular complexity index is 1120. The van der Waals surface area contributed by atoms with Crippen LogP contribution in [0.15, 0.2) is 48.8 Å². The number of alkyl halides is 3. The number of anilines is 1. The minimum absolute atomic E-state index is 0.144. The predicted molar refractivity (Wildman–Crippen MR) is 105 cm³/mol. The Labute approximate surface area is 169 Å². The van der Waals surface area contributed by atoms with Crippen molar-refractivity contribution in [3.8, 4) is 22.8 Å². The number of primary amides is 1. The Morgan fingerprint density at radius 1 is 1.17 bits per heavy atom. The van der Waals surface area contributed by atoms with Crippen molar-refractivity contribution in [2.24, 2.45) is 5.73 Å². The summed E-state index contributed by atoms with van der Waals surface area (Å²) >= 11 is 0. The van der Waals surface area contributed by atoms with E-state index in [9.17, 15) is 18.0 Å². The zero-order valence-electron chi connectivity index (χ0n) is 15.6. The minimum atomic E-state index is -4.75. The van der Waals surface area contributed by atoms with Crippen LogP contribution in [0.2, 0.25) is 0 Å². The molecule has 0 fully saturated rings. The number of hydrogen-bond donors (Lipinski definition) is 3. The number of carbonyl (C=O) groups excluding carboxylic acids is 1. The molecule has 2 aromatic heterocycles. The molecule has 2 heterocycles. The Hall–Kier alpha value is -3.95. The maximum atomic E-state index is 13.3. The second-order valence-corrected chi connectivity index (χ2v) is 6.10. The van der Waals surface area contributed by atoms with Gasteiger partial charge < -0.3 is 21.2 Å². The quantitative estimate of drug-likeness (QED) is 0.525. The number of carbonyl (C=O) groups is 1. The molecule has 30 heavy (non-hydrogen) atoms. The molecular formula is C20H16F3N5O2. The first-order valence-electron chi connectivity index (χ1n) is 8.56. The topological polar surface area (TPSA) is 114 Å². The summed E-state index contributed by atoms with van der Waals surface area (Å²) < 4.78 is 45.7. The van der Waals surface area contributed by atoms with Gasteiger partial charge in [0.2, 0.25) is 5.91 Å². The van der Waals surface area contributed by atoms with Crippen molar-refractivity contribution in [2.45, 2.75) is 6.18 Å². The van der Waals surface area contributed by atoms with E-state index in [1.165, 1.54) is 30.6 Å². The fourth-order valence-corrected chi connectivity index (χ4v) is 2.75. The van der Waals surface area contributed by atoms with E-state index in [4.69, 9.17) is 15.9 Å². The largest absolute Gasteiger partial charge is 0.456 e. The molecule has 0 saturated carbocycles. The zero-order chi connectivity index (χ0) is 21.9. The van der Waals surface area contributed by atoms with Gasteiger partial charge in [-0.3, -0.25) is 9.78 Å². The number of nitrogens with one attached hydrogen (secondary N) is 2. The summed E-state index contributed by atoms with van der Waals surface area (Å²) in [4.78, 5) is 19.5. The van der Waals surface area contributed by atoms with Crippen LogP contribution in [0, 0.1) is 5.41 Å². The molecule has 3 aromatic rings. The van der Waals surface area contributed by atoms with Crippen LogP contribution >= 0.6 is 0 Å². The lowest BCUT2D eigenvalue weighted by molar-refractivity contribution is -0.137. The molecule has 0 atom stereocenters. The summed E-state index contributed by atoms with van der Waals surface area (Å²) in [5.74, 6) is -0.485. The molecule has 1 aromatic carbocycles. The molecular weight excluding hydrogens is 399 g/mol. The van der Waals surface area contributed by atoms with Crippen molar-refractivity contribution < 1.29 is 22.7 Å². The average Bonchev–Trinajstić information content (AvgIpc) is 2.72. The van der Waals surface area contributed by atoms with E-state index in [1.807, 2.05) is 0 Å². The molecule has 3 rings (SSSR count). The molecule has 0 aliphatic carbocycles. The number of hydrogen-bond acceptors (Lipinski definition) is 6. The van der Waals surface area contributed by atoms with Crippen LogP contribution in [-0.2, 0) is 6.18 Å². The van der Waals surface area contributed by atoms with Gasteiger partial charge in [0, 0.05) is 37.2 Å². The minimum Gasteiger partial charge on any atom is -0.456 e. The van der Waals surface area contributed by atoms with E-state index in [1.54, 1.807) is 13.1 Å². The standard InChI is InChI=1S/C20H16F3N5O2/c1-26-17-8-13(10-28-18(17)9-24)30-12-4-5-27-16(7-12)11-2-3-14(19(25)29)15(6-11)20(21,22)23/h2-10,24,26H,1H3,(H2,25,29). The van der Waals surface area contributed by atoms with Crippen LogP contribution in [0.3, 0.4) is 0 Å². The number of ether oxygens (including phenoxy) is 1. The summed E-state index contributed by atoms with van der Waals surface area (Å²) in [6, 6.07) is 7.82. The molecule has 1 amide bonds. The van der Waals surface area contributed by atoms with Crippen LogP contribution in [-0.4, -0.2) is 29.1 Å². The highest BCUT2D eigenvalue weighted by atomic mass is 19.4. The van der Waals surface area contributed by atoms with Crippen LogP contribution < -0.4 is 15.8 Å². The van der Waals surface area contributed by atoms with Crippen molar-refractivity contribution in [1.29, 1.82) is 5.41 Å². The summed E-state index contributed by atoms with van der Waals surface area (Å²) in [7, 11) is 1.67. The van der Waals surface area contributed by atoms with Gasteiger partial charge in [-0.25, -0.2) is 4.98 Å². The third-order valence-corrected chi connectivity index (χ3v) is 4.15. The summed E-state index contributed by atoms with van der Waals surface area (Å²) in [5, 5.41) is 10.2. The van der Waals surface area contributed by atoms with Crippen LogP contribution in [0.4, 0.5) is 18.9 Å². The molecule has 0 aliphatic rings. The molecule has 4 N–H and O–H groups in total. The van der Waals surface area contributed by atoms with Crippen LogP contribution in [0.1, 0.15) is 21.6 Å². The molecule has 7 nitrogen and oxygen atoms in total. The Balaban J connectivity index is 1.96. The van der Waals surface area contributed by atoms with Gasteiger partial charge in [0.1, 0.15) is 17.2 Å². The van der Waals surface area contributed by atoms with Gasteiger partial charge >= 0.3 is 6.18 Å². The summed E-state index contributed by atoms with van der Waals surface area (Å²) in [6.45, 7) is 0. The van der Waals surface area contributed by atoms with E-state index >= 15 is 0 Å². The SMILES string of the molecule is CNc1cc(Oc2ccnc(-c3ccc(C(N)=O)c(C(F)(F)F)c3)c2)cnc1C=N. The first-order valence-corrected chi connectivity index (χ1v) is 8.56. The molecule has 0 spiro atoms. The third kappa shape index (κ3) is 4.37. The van der Waals surface area contributed by atoms with Crippen LogP contribution in [0.5, 0.6) is 11.5 Å². The molecule has 0 saturated heterocycles. The van der Waals surface area contributed by atoms with Gasteiger partial charge in [0.05, 0.1) is 28.7 Å². The fourth-order valence-electron chi connectivity index (χ4n) is 2.75. The average molecular weight is 415 g/mol. The number of aromatic nitrogens is 2. The smallest absolute Gasteiger partial charge is 0.417 e. The maximum Gasteiger partial charge on any atom is 0.417 e. The van der Waals surface area contributed by atoms with E-state index in [0.717, 1.165) is 18.3 Å². The molecule has 154 valence electrons. The van der Waals surface area contributed by atoms with E-state index in [2.05, 4.69) is 15.3 Å². The zero-order valence-corrected chi connectivity index (χ0v) is 15.6. The molecule has 0 unspecified atom stereocenters. The monoisotopic (exact) mass is 415 g/mol. The van der Waals surface area contributed by atoms with Gasteiger partial charge in [0.15, 0.2) is 0 Å². The highest BCUT2D eigenvalue weighted by molar-refractivity contribution is 5.95.